The molecule has 1 aliphatic rings. The molecule has 0 aromatic carbocycles. The summed E-state index contributed by atoms with van der Waals surface area (Å²) in [5.74, 6) is -0.338. The lowest BCUT2D eigenvalue weighted by Gasteiger charge is -2.26. The zero-order valence-corrected chi connectivity index (χ0v) is 12.1. The van der Waals surface area contributed by atoms with Crippen molar-refractivity contribution in [1.82, 2.24) is 14.3 Å². The molecule has 6 heteroatoms. The maximum Gasteiger partial charge on any atom is 0.338 e. The third-order valence-corrected chi connectivity index (χ3v) is 3.72. The second-order valence-electron chi connectivity index (χ2n) is 5.11. The Morgan fingerprint density at radius 1 is 1.43 bits per heavy atom. The fourth-order valence-electron chi connectivity index (χ4n) is 2.50. The van der Waals surface area contributed by atoms with Crippen LogP contribution >= 0.6 is 0 Å². The molecule has 21 heavy (non-hydrogen) atoms. The monoisotopic (exact) mass is 289 g/mol. The molecule has 0 N–H and O–H groups in total. The van der Waals surface area contributed by atoms with Crippen molar-refractivity contribution in [3.8, 4) is 0 Å². The number of hydrogen-bond acceptors (Lipinski definition) is 5. The molecule has 0 bridgehead atoms. The number of methoxy groups -OCH3 is 1. The first-order valence-electron chi connectivity index (χ1n) is 7.12. The van der Waals surface area contributed by atoms with E-state index in [2.05, 4.69) is 9.88 Å². The van der Waals surface area contributed by atoms with Gasteiger partial charge >= 0.3 is 5.97 Å². The second-order valence-corrected chi connectivity index (χ2v) is 5.11. The van der Waals surface area contributed by atoms with Gasteiger partial charge in [0.15, 0.2) is 0 Å². The van der Waals surface area contributed by atoms with Crippen molar-refractivity contribution >= 4 is 11.6 Å². The highest BCUT2D eigenvalue weighted by atomic mass is 16.5. The second kappa shape index (κ2) is 6.24. The summed E-state index contributed by atoms with van der Waals surface area (Å²) in [6.07, 6.45) is 4.75. The van der Waals surface area contributed by atoms with E-state index in [1.54, 1.807) is 12.1 Å². The molecule has 1 aliphatic heterocycles. The Morgan fingerprint density at radius 2 is 2.24 bits per heavy atom. The van der Waals surface area contributed by atoms with Crippen LogP contribution in [0.15, 0.2) is 24.5 Å². The minimum absolute atomic E-state index is 0.338. The fraction of sp³-hybridized carbons (Fsp3) is 0.467. The highest BCUT2D eigenvalue weighted by Gasteiger charge is 2.12. The summed E-state index contributed by atoms with van der Waals surface area (Å²) in [5, 5.41) is 0. The number of hydrogen-bond donors (Lipinski definition) is 0. The first kappa shape index (κ1) is 14.0. The Morgan fingerprint density at radius 3 is 3.00 bits per heavy atom. The summed E-state index contributed by atoms with van der Waals surface area (Å²) in [7, 11) is 1.38. The lowest BCUT2D eigenvalue weighted by molar-refractivity contribution is 0.0383. The van der Waals surface area contributed by atoms with Crippen LogP contribution in [0.3, 0.4) is 0 Å². The first-order chi connectivity index (χ1) is 10.3. The molecule has 2 aromatic rings. The molecular formula is C15H19N3O3. The van der Waals surface area contributed by atoms with Gasteiger partial charge in [-0.05, 0) is 12.1 Å². The molecule has 1 fully saturated rings. The minimum Gasteiger partial charge on any atom is -0.465 e. The Balaban J connectivity index is 1.70. The van der Waals surface area contributed by atoms with E-state index in [0.717, 1.165) is 50.6 Å². The van der Waals surface area contributed by atoms with Crippen LogP contribution in [0.5, 0.6) is 0 Å². The van der Waals surface area contributed by atoms with Crippen LogP contribution in [-0.4, -0.2) is 60.2 Å². The van der Waals surface area contributed by atoms with Gasteiger partial charge in [0.2, 0.25) is 0 Å². The van der Waals surface area contributed by atoms with E-state index in [1.807, 2.05) is 16.8 Å². The van der Waals surface area contributed by atoms with Crippen molar-refractivity contribution in [2.45, 2.75) is 6.42 Å². The Labute approximate surface area is 123 Å². The van der Waals surface area contributed by atoms with Crippen molar-refractivity contribution in [2.24, 2.45) is 0 Å². The first-order valence-corrected chi connectivity index (χ1v) is 7.12. The normalized spacial score (nSPS) is 16.2. The van der Waals surface area contributed by atoms with Gasteiger partial charge in [-0.25, -0.2) is 9.78 Å². The standard InChI is InChI=1S/C15H19N3O3/c1-20-15(19)12-2-5-18-11-13(16-14(18)10-12)3-4-17-6-8-21-9-7-17/h2,5,10-11H,3-4,6-9H2,1H3. The van der Waals surface area contributed by atoms with Gasteiger partial charge in [-0.3, -0.25) is 4.90 Å². The van der Waals surface area contributed by atoms with Gasteiger partial charge in [0.25, 0.3) is 0 Å². The number of morpholine rings is 1. The molecule has 0 radical (unpaired) electrons. The van der Waals surface area contributed by atoms with Crippen molar-refractivity contribution in [1.29, 1.82) is 0 Å². The van der Waals surface area contributed by atoms with Gasteiger partial charge in [0.1, 0.15) is 5.65 Å². The quantitative estimate of drug-likeness (QED) is 0.786. The lowest BCUT2D eigenvalue weighted by Crippen LogP contribution is -2.37. The smallest absolute Gasteiger partial charge is 0.338 e. The molecule has 0 atom stereocenters. The Bertz CT molecular complexity index is 632. The van der Waals surface area contributed by atoms with Crippen molar-refractivity contribution in [3.63, 3.8) is 0 Å². The largest absolute Gasteiger partial charge is 0.465 e. The van der Waals surface area contributed by atoms with Crippen molar-refractivity contribution < 1.29 is 14.3 Å². The third kappa shape index (κ3) is 3.22. The third-order valence-electron chi connectivity index (χ3n) is 3.72. The van der Waals surface area contributed by atoms with Crippen LogP contribution < -0.4 is 0 Å². The van der Waals surface area contributed by atoms with E-state index in [4.69, 9.17) is 9.47 Å². The maximum atomic E-state index is 11.5. The Kier molecular flexibility index (Phi) is 4.17. The molecule has 6 nitrogen and oxygen atoms in total. The van der Waals surface area contributed by atoms with Gasteiger partial charge in [0.05, 0.1) is 31.6 Å². The van der Waals surface area contributed by atoms with Crippen LogP contribution in [0.1, 0.15) is 16.1 Å². The molecule has 0 amide bonds. The number of ether oxygens (including phenoxy) is 2. The van der Waals surface area contributed by atoms with Crippen molar-refractivity contribution in [3.05, 3.63) is 35.8 Å². The predicted octanol–water partition coefficient (Wildman–Crippen LogP) is 0.996. The van der Waals surface area contributed by atoms with Gasteiger partial charge < -0.3 is 13.9 Å². The van der Waals surface area contributed by atoms with Gasteiger partial charge in [-0.15, -0.1) is 0 Å². The average molecular weight is 289 g/mol. The number of pyridine rings is 1. The Hall–Kier alpha value is -1.92. The van der Waals surface area contributed by atoms with E-state index in [0.29, 0.717) is 5.56 Å². The molecule has 3 rings (SSSR count). The van der Waals surface area contributed by atoms with E-state index in [1.165, 1.54) is 7.11 Å². The van der Waals surface area contributed by atoms with Gasteiger partial charge in [-0.2, -0.15) is 0 Å². The number of imidazole rings is 1. The number of nitrogens with zero attached hydrogens (tertiary/aromatic N) is 3. The zero-order chi connectivity index (χ0) is 14.7. The SMILES string of the molecule is COC(=O)c1ccn2cc(CCN3CCOCC3)nc2c1. The van der Waals surface area contributed by atoms with E-state index >= 15 is 0 Å². The summed E-state index contributed by atoms with van der Waals surface area (Å²) >= 11 is 0. The molecule has 1 saturated heterocycles. The van der Waals surface area contributed by atoms with E-state index in [9.17, 15) is 4.79 Å². The zero-order valence-electron chi connectivity index (χ0n) is 12.1. The summed E-state index contributed by atoms with van der Waals surface area (Å²) in [4.78, 5) is 18.5. The van der Waals surface area contributed by atoms with Crippen LogP contribution in [0, 0.1) is 0 Å². The lowest BCUT2D eigenvalue weighted by atomic mass is 10.3. The molecule has 3 heterocycles. The molecule has 0 unspecified atom stereocenters. The number of aromatic nitrogens is 2. The number of carbonyl (C=O) groups excluding carboxylic acids is 1. The van der Waals surface area contributed by atoms with Crippen LogP contribution in [0.4, 0.5) is 0 Å². The number of fused-ring (bicyclic) bond motifs is 1. The van der Waals surface area contributed by atoms with Gasteiger partial charge in [-0.1, -0.05) is 0 Å². The van der Waals surface area contributed by atoms with Crippen LogP contribution in [0.25, 0.3) is 5.65 Å². The fourth-order valence-corrected chi connectivity index (χ4v) is 2.50. The maximum absolute atomic E-state index is 11.5. The molecule has 0 aliphatic carbocycles. The van der Waals surface area contributed by atoms with E-state index < -0.39 is 0 Å². The van der Waals surface area contributed by atoms with Crippen LogP contribution in [-0.2, 0) is 15.9 Å². The number of carbonyl (C=O) groups is 1. The van der Waals surface area contributed by atoms with Crippen molar-refractivity contribution in [2.75, 3.05) is 40.0 Å². The molecule has 112 valence electrons. The summed E-state index contributed by atoms with van der Waals surface area (Å²) in [6.45, 7) is 4.58. The topological polar surface area (TPSA) is 56.1 Å². The number of rotatable bonds is 4. The molecule has 0 saturated carbocycles. The predicted molar refractivity (Wildman–Crippen MR) is 77.5 cm³/mol. The highest BCUT2D eigenvalue weighted by Crippen LogP contribution is 2.10. The summed E-state index contributed by atoms with van der Waals surface area (Å²) < 4.78 is 12.0. The summed E-state index contributed by atoms with van der Waals surface area (Å²) in [5.41, 5.74) is 2.33. The molecule has 0 spiro atoms. The van der Waals surface area contributed by atoms with Gasteiger partial charge in [0, 0.05) is 38.4 Å². The molecule has 2 aromatic heterocycles. The summed E-state index contributed by atoms with van der Waals surface area (Å²) in [6, 6.07) is 3.50. The average Bonchev–Trinajstić information content (AvgIpc) is 2.95. The number of esters is 1. The van der Waals surface area contributed by atoms with Crippen LogP contribution in [0.2, 0.25) is 0 Å². The van der Waals surface area contributed by atoms with E-state index in [-0.39, 0.29) is 5.97 Å². The highest BCUT2D eigenvalue weighted by molar-refractivity contribution is 5.90. The minimum atomic E-state index is -0.338. The molecular weight excluding hydrogens is 270 g/mol.